The third-order valence-corrected chi connectivity index (χ3v) is 3.54. The van der Waals surface area contributed by atoms with Gasteiger partial charge in [0.15, 0.2) is 0 Å². The van der Waals surface area contributed by atoms with Gasteiger partial charge in [-0.3, -0.25) is 4.79 Å². The normalized spacial score (nSPS) is 33.0. The molecule has 1 fully saturated rings. The molecular formula is C14H23NO2. The number of rotatable bonds is 1. The number of ether oxygens (including phenoxy) is 1. The first kappa shape index (κ1) is 12.6. The molecule has 1 aliphatic carbocycles. The number of hydrogen-bond donors (Lipinski definition) is 1. The molecular weight excluding hydrogens is 214 g/mol. The molecule has 0 amide bonds. The molecule has 1 N–H and O–H groups in total. The fourth-order valence-electron chi connectivity index (χ4n) is 2.81. The molecule has 0 aromatic carbocycles. The van der Waals surface area contributed by atoms with Crippen molar-refractivity contribution in [1.29, 1.82) is 0 Å². The van der Waals surface area contributed by atoms with Crippen molar-refractivity contribution < 1.29 is 9.53 Å². The van der Waals surface area contributed by atoms with Gasteiger partial charge in [0.1, 0.15) is 5.60 Å². The standard InChI is InChI=1S/C14H23NO2/c1-13(2,3)17-12(16)11-6-4-7-14(10-11)8-5-9-15-14/h5,8,11,15H,4,6-7,9-10H2,1-3H3. The Labute approximate surface area is 104 Å². The minimum Gasteiger partial charge on any atom is -0.460 e. The van der Waals surface area contributed by atoms with Gasteiger partial charge in [-0.2, -0.15) is 0 Å². The zero-order chi connectivity index (χ0) is 12.5. The van der Waals surface area contributed by atoms with Crippen LogP contribution >= 0.6 is 0 Å². The van der Waals surface area contributed by atoms with Gasteiger partial charge in [-0.25, -0.2) is 0 Å². The van der Waals surface area contributed by atoms with Gasteiger partial charge in [-0.15, -0.1) is 0 Å². The minimum atomic E-state index is -0.374. The molecule has 3 heteroatoms. The Morgan fingerprint density at radius 1 is 1.47 bits per heavy atom. The fourth-order valence-corrected chi connectivity index (χ4v) is 2.81. The lowest BCUT2D eigenvalue weighted by Crippen LogP contribution is -2.46. The van der Waals surface area contributed by atoms with Crippen LogP contribution in [0.25, 0.3) is 0 Å². The van der Waals surface area contributed by atoms with Gasteiger partial charge in [-0.1, -0.05) is 18.6 Å². The first-order valence-electron chi connectivity index (χ1n) is 6.56. The summed E-state index contributed by atoms with van der Waals surface area (Å²) in [5.41, 5.74) is -0.305. The molecule has 3 nitrogen and oxygen atoms in total. The van der Waals surface area contributed by atoms with Crippen molar-refractivity contribution in [3.63, 3.8) is 0 Å². The van der Waals surface area contributed by atoms with Crippen LogP contribution in [0.3, 0.4) is 0 Å². The molecule has 1 saturated carbocycles. The molecule has 17 heavy (non-hydrogen) atoms. The maximum Gasteiger partial charge on any atom is 0.309 e. The molecule has 1 aliphatic heterocycles. The topological polar surface area (TPSA) is 38.3 Å². The maximum absolute atomic E-state index is 12.1. The molecule has 0 radical (unpaired) electrons. The van der Waals surface area contributed by atoms with Crippen molar-refractivity contribution in [3.05, 3.63) is 12.2 Å². The summed E-state index contributed by atoms with van der Waals surface area (Å²) in [6.45, 7) is 6.71. The van der Waals surface area contributed by atoms with E-state index in [9.17, 15) is 4.79 Å². The van der Waals surface area contributed by atoms with Crippen molar-refractivity contribution in [2.45, 2.75) is 57.6 Å². The van der Waals surface area contributed by atoms with E-state index >= 15 is 0 Å². The first-order chi connectivity index (χ1) is 7.90. The van der Waals surface area contributed by atoms with Crippen molar-refractivity contribution >= 4 is 5.97 Å². The van der Waals surface area contributed by atoms with Gasteiger partial charge >= 0.3 is 5.97 Å². The Bertz CT molecular complexity index is 330. The highest BCUT2D eigenvalue weighted by Gasteiger charge is 2.39. The second-order valence-electron chi connectivity index (χ2n) is 6.27. The summed E-state index contributed by atoms with van der Waals surface area (Å²) in [6.07, 6.45) is 8.50. The summed E-state index contributed by atoms with van der Waals surface area (Å²) in [7, 11) is 0. The van der Waals surface area contributed by atoms with Crippen LogP contribution in [-0.4, -0.2) is 23.7 Å². The van der Waals surface area contributed by atoms with Gasteiger partial charge in [0.2, 0.25) is 0 Å². The second kappa shape index (κ2) is 4.45. The van der Waals surface area contributed by atoms with Crippen LogP contribution in [0.5, 0.6) is 0 Å². The number of carbonyl (C=O) groups excluding carboxylic acids is 1. The summed E-state index contributed by atoms with van der Waals surface area (Å²) in [4.78, 5) is 12.1. The van der Waals surface area contributed by atoms with Gasteiger partial charge in [-0.05, 0) is 40.0 Å². The van der Waals surface area contributed by atoms with Crippen LogP contribution < -0.4 is 5.32 Å². The monoisotopic (exact) mass is 237 g/mol. The number of esters is 1. The molecule has 0 aromatic heterocycles. The van der Waals surface area contributed by atoms with Crippen LogP contribution in [0.1, 0.15) is 46.5 Å². The highest BCUT2D eigenvalue weighted by atomic mass is 16.6. The second-order valence-corrected chi connectivity index (χ2v) is 6.27. The smallest absolute Gasteiger partial charge is 0.309 e. The summed E-state index contributed by atoms with van der Waals surface area (Å²) in [5.74, 6) is 0.0249. The third-order valence-electron chi connectivity index (χ3n) is 3.54. The largest absolute Gasteiger partial charge is 0.460 e. The summed E-state index contributed by atoms with van der Waals surface area (Å²) in [6, 6.07) is 0. The molecule has 2 unspecified atom stereocenters. The van der Waals surface area contributed by atoms with E-state index in [-0.39, 0.29) is 23.0 Å². The Balaban J connectivity index is 1.98. The Morgan fingerprint density at radius 2 is 2.24 bits per heavy atom. The van der Waals surface area contributed by atoms with Crippen molar-refractivity contribution in [1.82, 2.24) is 5.32 Å². The van der Waals surface area contributed by atoms with E-state index in [1.165, 1.54) is 0 Å². The molecule has 0 aromatic rings. The van der Waals surface area contributed by atoms with E-state index in [0.717, 1.165) is 32.2 Å². The molecule has 2 aliphatic rings. The molecule has 1 spiro atoms. The van der Waals surface area contributed by atoms with Gasteiger partial charge in [0, 0.05) is 12.1 Å². The van der Waals surface area contributed by atoms with E-state index < -0.39 is 0 Å². The Kier molecular flexibility index (Phi) is 3.30. The highest BCUT2D eigenvalue weighted by Crippen LogP contribution is 2.36. The van der Waals surface area contributed by atoms with Crippen LogP contribution in [0.4, 0.5) is 0 Å². The van der Waals surface area contributed by atoms with Gasteiger partial charge in [0.05, 0.1) is 5.92 Å². The van der Waals surface area contributed by atoms with Crippen LogP contribution in [0, 0.1) is 5.92 Å². The van der Waals surface area contributed by atoms with Gasteiger partial charge < -0.3 is 10.1 Å². The van der Waals surface area contributed by atoms with E-state index in [0.29, 0.717) is 0 Å². The SMILES string of the molecule is CC(C)(C)OC(=O)C1CCCC2(C=CCN2)C1. The van der Waals surface area contributed by atoms with E-state index in [4.69, 9.17) is 4.74 Å². The molecule has 2 rings (SSSR count). The van der Waals surface area contributed by atoms with E-state index in [1.807, 2.05) is 20.8 Å². The summed E-state index contributed by atoms with van der Waals surface area (Å²) < 4.78 is 5.49. The zero-order valence-corrected chi connectivity index (χ0v) is 11.1. The van der Waals surface area contributed by atoms with Crippen molar-refractivity contribution in [2.75, 3.05) is 6.54 Å². The predicted octanol–water partition coefficient (Wildman–Crippen LogP) is 2.42. The van der Waals surface area contributed by atoms with Crippen molar-refractivity contribution in [3.8, 4) is 0 Å². The number of carbonyl (C=O) groups is 1. The first-order valence-corrected chi connectivity index (χ1v) is 6.56. The lowest BCUT2D eigenvalue weighted by atomic mass is 9.76. The minimum absolute atomic E-state index is 0.0290. The molecule has 0 saturated heterocycles. The zero-order valence-electron chi connectivity index (χ0n) is 11.1. The number of nitrogens with one attached hydrogen (secondary N) is 1. The quantitative estimate of drug-likeness (QED) is 0.562. The molecule has 0 bridgehead atoms. The van der Waals surface area contributed by atoms with Crippen molar-refractivity contribution in [2.24, 2.45) is 5.92 Å². The van der Waals surface area contributed by atoms with E-state index in [2.05, 4.69) is 17.5 Å². The predicted molar refractivity (Wildman–Crippen MR) is 67.7 cm³/mol. The van der Waals surface area contributed by atoms with Crippen LogP contribution in [0.15, 0.2) is 12.2 Å². The lowest BCUT2D eigenvalue weighted by Gasteiger charge is -2.37. The van der Waals surface area contributed by atoms with E-state index in [1.54, 1.807) is 0 Å². The highest BCUT2D eigenvalue weighted by molar-refractivity contribution is 5.73. The van der Waals surface area contributed by atoms with Gasteiger partial charge in [0.25, 0.3) is 0 Å². The Hall–Kier alpha value is -0.830. The molecule has 96 valence electrons. The summed E-state index contributed by atoms with van der Waals surface area (Å²) >= 11 is 0. The molecule has 2 atom stereocenters. The molecule has 1 heterocycles. The average molecular weight is 237 g/mol. The van der Waals surface area contributed by atoms with Crippen LogP contribution in [-0.2, 0) is 9.53 Å². The average Bonchev–Trinajstić information content (AvgIpc) is 2.64. The fraction of sp³-hybridized carbons (Fsp3) is 0.786. The lowest BCUT2D eigenvalue weighted by molar-refractivity contribution is -0.161. The summed E-state index contributed by atoms with van der Waals surface area (Å²) in [5, 5.41) is 3.50. The number of hydrogen-bond acceptors (Lipinski definition) is 3. The maximum atomic E-state index is 12.1. The third kappa shape index (κ3) is 3.09. The van der Waals surface area contributed by atoms with Crippen LogP contribution in [0.2, 0.25) is 0 Å². The Morgan fingerprint density at radius 3 is 2.82 bits per heavy atom.